The fourth-order valence-corrected chi connectivity index (χ4v) is 6.73. The van der Waals surface area contributed by atoms with Gasteiger partial charge in [0, 0.05) is 41.0 Å². The molecule has 3 N–H and O–H groups in total. The van der Waals surface area contributed by atoms with Crippen LogP contribution < -0.4 is 10.6 Å². The molecule has 2 aromatic heterocycles. The Morgan fingerprint density at radius 1 is 1.14 bits per heavy atom. The molecule has 2 aromatic rings. The maximum atomic E-state index is 14.3. The van der Waals surface area contributed by atoms with Crippen LogP contribution in [0.4, 0.5) is 14.6 Å². The van der Waals surface area contributed by atoms with E-state index in [1.807, 2.05) is 25.7 Å². The Morgan fingerprint density at radius 2 is 1.81 bits per heavy atom. The number of anilines is 1. The van der Waals surface area contributed by atoms with Crippen molar-refractivity contribution in [1.29, 1.82) is 0 Å². The molecule has 3 aliphatic rings. The van der Waals surface area contributed by atoms with Crippen molar-refractivity contribution in [3.8, 4) is 10.4 Å². The molecule has 3 fully saturated rings. The molecule has 2 amide bonds. The largest absolute Gasteiger partial charge is 0.393 e. The van der Waals surface area contributed by atoms with Crippen LogP contribution in [0.2, 0.25) is 0 Å². The lowest BCUT2D eigenvalue weighted by atomic mass is 10.0. The summed E-state index contributed by atoms with van der Waals surface area (Å²) in [6, 6.07) is 1.36. The smallest absolute Gasteiger partial charge is 0.280 e. The molecule has 1 aliphatic carbocycles. The predicted molar refractivity (Wildman–Crippen MR) is 137 cm³/mol. The molecular weight excluding hydrogens is 500 g/mol. The summed E-state index contributed by atoms with van der Waals surface area (Å²) in [5, 5.41) is 15.8. The van der Waals surface area contributed by atoms with Crippen molar-refractivity contribution >= 4 is 29.0 Å². The normalized spacial score (nSPS) is 25.2. The number of thiazole rings is 1. The van der Waals surface area contributed by atoms with Gasteiger partial charge in [0.05, 0.1) is 11.0 Å². The molecule has 1 saturated carbocycles. The van der Waals surface area contributed by atoms with Gasteiger partial charge in [-0.25, -0.2) is 18.7 Å². The van der Waals surface area contributed by atoms with Gasteiger partial charge in [0.15, 0.2) is 5.01 Å². The minimum atomic E-state index is -2.82. The fourth-order valence-electron chi connectivity index (χ4n) is 5.74. The third-order valence-corrected chi connectivity index (χ3v) is 8.46. The van der Waals surface area contributed by atoms with Crippen molar-refractivity contribution in [2.24, 2.45) is 0 Å². The number of nitrogens with one attached hydrogen (secondary N) is 2. The number of carbonyl (C=O) groups excluding carboxylic acids is 2. The Morgan fingerprint density at radius 3 is 2.38 bits per heavy atom. The summed E-state index contributed by atoms with van der Waals surface area (Å²) in [5.74, 6) is -0.477. The maximum Gasteiger partial charge on any atom is 0.280 e. The molecule has 0 radical (unpaired) electrons. The molecule has 0 unspecified atom stereocenters. The topological polar surface area (TPSA) is 107 Å². The molecule has 2 atom stereocenters. The highest BCUT2D eigenvalue weighted by atomic mass is 32.1. The third kappa shape index (κ3) is 5.34. The van der Waals surface area contributed by atoms with E-state index >= 15 is 0 Å². The summed E-state index contributed by atoms with van der Waals surface area (Å²) in [7, 11) is 0. The second-order valence-electron chi connectivity index (χ2n) is 11.3. The molecule has 0 spiro atoms. The number of hydrogen-bond acceptors (Lipinski definition) is 7. The van der Waals surface area contributed by atoms with Crippen molar-refractivity contribution in [3.63, 3.8) is 0 Å². The molecule has 5 rings (SSSR count). The number of hydrogen-bond donors (Lipinski definition) is 3. The number of rotatable bonds is 6. The summed E-state index contributed by atoms with van der Waals surface area (Å²) in [4.78, 5) is 37.7. The van der Waals surface area contributed by atoms with E-state index in [4.69, 9.17) is 0 Å². The number of amides is 2. The predicted octanol–water partition coefficient (Wildman–Crippen LogP) is 4.76. The minimum absolute atomic E-state index is 0.0284. The monoisotopic (exact) mass is 533 g/mol. The number of nitrogens with zero attached hydrogens (tertiary/aromatic N) is 3. The van der Waals surface area contributed by atoms with Gasteiger partial charge >= 0.3 is 0 Å². The molecule has 200 valence electrons. The molecule has 4 heterocycles. The zero-order chi connectivity index (χ0) is 26.5. The van der Waals surface area contributed by atoms with Crippen LogP contribution in [0.1, 0.15) is 98.0 Å². The molecule has 2 aliphatic heterocycles. The first kappa shape index (κ1) is 26.0. The summed E-state index contributed by atoms with van der Waals surface area (Å²) < 4.78 is 28.6. The first-order valence-corrected chi connectivity index (χ1v) is 13.7. The van der Waals surface area contributed by atoms with E-state index in [9.17, 15) is 23.5 Å². The number of aliphatic hydroxyl groups is 1. The Labute approximate surface area is 218 Å². The van der Waals surface area contributed by atoms with Gasteiger partial charge in [0.2, 0.25) is 0 Å². The lowest BCUT2D eigenvalue weighted by molar-refractivity contribution is 0.0725. The van der Waals surface area contributed by atoms with Crippen LogP contribution in [0.25, 0.3) is 10.4 Å². The van der Waals surface area contributed by atoms with Crippen LogP contribution in [-0.2, 0) is 0 Å². The van der Waals surface area contributed by atoms with Crippen molar-refractivity contribution in [1.82, 2.24) is 20.2 Å². The van der Waals surface area contributed by atoms with Gasteiger partial charge in [-0.3, -0.25) is 9.59 Å². The highest BCUT2D eigenvalue weighted by Gasteiger charge is 2.44. The Hall–Kier alpha value is -2.66. The highest BCUT2D eigenvalue weighted by molar-refractivity contribution is 7.17. The number of aromatic nitrogens is 2. The highest BCUT2D eigenvalue weighted by Crippen LogP contribution is 2.42. The van der Waals surface area contributed by atoms with E-state index < -0.39 is 18.4 Å². The van der Waals surface area contributed by atoms with Gasteiger partial charge in [-0.2, -0.15) is 0 Å². The Kier molecular flexibility index (Phi) is 6.95. The van der Waals surface area contributed by atoms with Crippen LogP contribution in [0.15, 0.2) is 12.3 Å². The van der Waals surface area contributed by atoms with Gasteiger partial charge < -0.3 is 20.6 Å². The zero-order valence-electron chi connectivity index (χ0n) is 21.3. The number of halogens is 2. The summed E-state index contributed by atoms with van der Waals surface area (Å²) in [6.45, 7) is 5.72. The van der Waals surface area contributed by atoms with Crippen LogP contribution in [0.5, 0.6) is 0 Å². The van der Waals surface area contributed by atoms with E-state index in [0.29, 0.717) is 25.1 Å². The second kappa shape index (κ2) is 9.90. The van der Waals surface area contributed by atoms with E-state index in [0.717, 1.165) is 37.0 Å². The molecule has 2 saturated heterocycles. The summed E-state index contributed by atoms with van der Waals surface area (Å²) in [5.41, 5.74) is -0.513. The lowest BCUT2D eigenvalue weighted by Gasteiger charge is -2.23. The number of pyridine rings is 1. The van der Waals surface area contributed by atoms with Crippen LogP contribution in [0.3, 0.4) is 0 Å². The van der Waals surface area contributed by atoms with Crippen molar-refractivity contribution in [3.05, 3.63) is 28.5 Å². The number of aliphatic hydroxyl groups excluding tert-OH is 1. The molecule has 37 heavy (non-hydrogen) atoms. The van der Waals surface area contributed by atoms with Crippen LogP contribution in [0, 0.1) is 0 Å². The standard InChI is InChI=1S/C26H33F2N5O3S/c1-26(2,3)32-19-11-17(22(27)28)18(12-29-19)21-20(25(36)33-14-5-6-15(33)8-7-14)31-24(37-21)23(35)30-13-4-9-16(34)10-13/h11-16,22,34H,4-10H2,1-3H3,(H,29,32)(H,30,35)/t13-,14-,15+,16-/m0/s1. The van der Waals surface area contributed by atoms with Gasteiger partial charge in [0.25, 0.3) is 18.2 Å². The van der Waals surface area contributed by atoms with Crippen LogP contribution in [-0.4, -0.2) is 61.6 Å². The minimum Gasteiger partial charge on any atom is -0.393 e. The Balaban J connectivity index is 1.54. The van der Waals surface area contributed by atoms with Gasteiger partial charge in [-0.1, -0.05) is 0 Å². The lowest BCUT2D eigenvalue weighted by Crippen LogP contribution is -2.36. The summed E-state index contributed by atoms with van der Waals surface area (Å²) in [6.07, 6.45) is 3.46. The van der Waals surface area contributed by atoms with E-state index in [2.05, 4.69) is 20.6 Å². The van der Waals surface area contributed by atoms with Crippen molar-refractivity contribution < 1.29 is 23.5 Å². The number of fused-ring (bicyclic) bond motifs is 2. The third-order valence-electron chi connectivity index (χ3n) is 7.37. The zero-order valence-corrected chi connectivity index (χ0v) is 22.1. The van der Waals surface area contributed by atoms with Gasteiger partial charge in [-0.05, 0) is 71.8 Å². The average Bonchev–Trinajstić information content (AvgIpc) is 3.61. The number of alkyl halides is 2. The second-order valence-corrected chi connectivity index (χ2v) is 12.3. The van der Waals surface area contributed by atoms with E-state index in [1.54, 1.807) is 0 Å². The first-order chi connectivity index (χ1) is 17.5. The van der Waals surface area contributed by atoms with Crippen LogP contribution >= 0.6 is 11.3 Å². The maximum absolute atomic E-state index is 14.3. The van der Waals surface area contributed by atoms with E-state index in [-0.39, 0.29) is 56.3 Å². The van der Waals surface area contributed by atoms with E-state index in [1.165, 1.54) is 12.3 Å². The first-order valence-electron chi connectivity index (χ1n) is 12.9. The fraction of sp³-hybridized carbons (Fsp3) is 0.615. The average molecular weight is 534 g/mol. The molecule has 2 bridgehead atoms. The molecule has 0 aromatic carbocycles. The van der Waals surface area contributed by atoms with Gasteiger partial charge in [0.1, 0.15) is 11.5 Å². The quantitative estimate of drug-likeness (QED) is 0.494. The van der Waals surface area contributed by atoms with Crippen molar-refractivity contribution in [2.45, 2.75) is 102 Å². The molecule has 8 nitrogen and oxygen atoms in total. The molecule has 11 heteroatoms. The summed E-state index contributed by atoms with van der Waals surface area (Å²) >= 11 is 0.939. The molecular formula is C26H33F2N5O3S. The van der Waals surface area contributed by atoms with Gasteiger partial charge in [-0.15, -0.1) is 11.3 Å². The SMILES string of the molecule is CC(C)(C)Nc1cc(C(F)F)c(-c2sc(C(=O)N[C@H]3CC[C@H](O)C3)nc2C(=O)N2[C@H]3CC[C@@H]2CC3)cn1. The Bertz CT molecular complexity index is 1180. The number of carbonyl (C=O) groups is 2. The van der Waals surface area contributed by atoms with Crippen molar-refractivity contribution in [2.75, 3.05) is 5.32 Å².